The van der Waals surface area contributed by atoms with Crippen LogP contribution in [0.3, 0.4) is 0 Å². The second-order valence-corrected chi connectivity index (χ2v) is 5.63. The van der Waals surface area contributed by atoms with Crippen molar-refractivity contribution < 1.29 is 18.9 Å². The van der Waals surface area contributed by atoms with E-state index >= 15 is 0 Å². The minimum atomic E-state index is -0.512. The number of piperazine rings is 1. The zero-order valence-corrected chi connectivity index (χ0v) is 15.2. The fourth-order valence-corrected chi connectivity index (χ4v) is 2.60. The molecule has 1 aliphatic rings. The van der Waals surface area contributed by atoms with Gasteiger partial charge in [-0.1, -0.05) is 5.16 Å². The molecule has 0 radical (unpaired) electrons. The van der Waals surface area contributed by atoms with E-state index in [1.54, 1.807) is 0 Å². The molecule has 2 aromatic rings. The number of methoxy groups -OCH3 is 1. The average Bonchev–Trinajstić information content (AvgIpc) is 3.08. The number of likely N-dealkylation sites (N-methyl/N-ethyl adjacent to an activating group) is 1. The van der Waals surface area contributed by atoms with Gasteiger partial charge in [-0.3, -0.25) is 15.0 Å². The van der Waals surface area contributed by atoms with Crippen molar-refractivity contribution in [3.05, 3.63) is 40.0 Å². The van der Waals surface area contributed by atoms with E-state index in [-0.39, 0.29) is 36.5 Å². The maximum atomic E-state index is 10.9. The zero-order valence-electron chi connectivity index (χ0n) is 14.4. The fourth-order valence-electron chi connectivity index (χ4n) is 2.60. The number of hydrogen-bond acceptors (Lipinski definition) is 9. The van der Waals surface area contributed by atoms with Gasteiger partial charge in [0.2, 0.25) is 5.75 Å². The summed E-state index contributed by atoms with van der Waals surface area (Å²) in [6.07, 6.45) is 0. The molecule has 10 nitrogen and oxygen atoms in total. The number of aromatic nitrogens is 2. The van der Waals surface area contributed by atoms with Gasteiger partial charge in [0, 0.05) is 31.8 Å². The predicted octanol–water partition coefficient (Wildman–Crippen LogP) is 1.56. The quantitative estimate of drug-likeness (QED) is 0.584. The molecule has 1 atom stereocenters. The summed E-state index contributed by atoms with van der Waals surface area (Å²) in [5, 5.41) is 18.2. The molecule has 0 spiro atoms. The largest absolute Gasteiger partial charge is 0.490 e. The lowest BCUT2D eigenvalue weighted by molar-refractivity contribution is -0.385. The van der Waals surface area contributed by atoms with Crippen molar-refractivity contribution in [1.82, 2.24) is 20.4 Å². The first-order valence-corrected chi connectivity index (χ1v) is 7.77. The summed E-state index contributed by atoms with van der Waals surface area (Å²) in [6.45, 7) is 2.67. The Morgan fingerprint density at radius 1 is 1.50 bits per heavy atom. The van der Waals surface area contributed by atoms with E-state index in [1.807, 2.05) is 7.05 Å². The molecule has 1 aromatic heterocycles. The number of nitro groups is 1. The van der Waals surface area contributed by atoms with Gasteiger partial charge in [0.25, 0.3) is 5.89 Å². The number of benzene rings is 1. The fraction of sp³-hybridized carbons (Fsp3) is 0.467. The van der Waals surface area contributed by atoms with Crippen LogP contribution >= 0.6 is 12.4 Å². The highest BCUT2D eigenvalue weighted by Gasteiger charge is 2.25. The van der Waals surface area contributed by atoms with Gasteiger partial charge in [0.1, 0.15) is 5.75 Å². The highest BCUT2D eigenvalue weighted by atomic mass is 35.5. The van der Waals surface area contributed by atoms with E-state index in [0.29, 0.717) is 17.5 Å². The molecule has 1 saturated heterocycles. The Morgan fingerprint density at radius 3 is 3.00 bits per heavy atom. The lowest BCUT2D eigenvalue weighted by Crippen LogP contribution is -2.44. The number of nitrogens with zero attached hydrogens (tertiary/aromatic N) is 4. The highest BCUT2D eigenvalue weighted by Crippen LogP contribution is 2.31. The molecule has 1 aromatic carbocycles. The number of rotatable bonds is 6. The van der Waals surface area contributed by atoms with Crippen LogP contribution in [0, 0.1) is 10.1 Å². The van der Waals surface area contributed by atoms with E-state index in [1.165, 1.54) is 25.3 Å². The smallest absolute Gasteiger partial charge is 0.311 e. The van der Waals surface area contributed by atoms with Gasteiger partial charge in [-0.25, -0.2) is 0 Å². The van der Waals surface area contributed by atoms with Gasteiger partial charge >= 0.3 is 5.69 Å². The first-order chi connectivity index (χ1) is 12.1. The van der Waals surface area contributed by atoms with Crippen LogP contribution in [0.2, 0.25) is 0 Å². The van der Waals surface area contributed by atoms with Crippen molar-refractivity contribution in [3.8, 4) is 11.5 Å². The molecule has 0 aliphatic carbocycles. The van der Waals surface area contributed by atoms with Crippen molar-refractivity contribution in [2.24, 2.45) is 0 Å². The third kappa shape index (κ3) is 4.40. The van der Waals surface area contributed by atoms with E-state index in [4.69, 9.17) is 14.0 Å². The highest BCUT2D eigenvalue weighted by molar-refractivity contribution is 5.85. The predicted molar refractivity (Wildman–Crippen MR) is 93.8 cm³/mol. The SMILES string of the molecule is COc1cc(OCc2nc(C3CNCCN3C)no2)ccc1[N+](=O)[O-].Cl. The van der Waals surface area contributed by atoms with Crippen LogP contribution in [-0.2, 0) is 6.61 Å². The molecule has 1 aliphatic heterocycles. The summed E-state index contributed by atoms with van der Waals surface area (Å²) in [6, 6.07) is 4.34. The Morgan fingerprint density at radius 2 is 2.31 bits per heavy atom. The van der Waals surface area contributed by atoms with Crippen LogP contribution in [0.1, 0.15) is 17.8 Å². The van der Waals surface area contributed by atoms with E-state index in [9.17, 15) is 10.1 Å². The molecule has 3 rings (SSSR count). The molecule has 11 heteroatoms. The minimum absolute atomic E-state index is 0. The van der Waals surface area contributed by atoms with Gasteiger partial charge in [0.15, 0.2) is 12.4 Å². The van der Waals surface area contributed by atoms with E-state index in [0.717, 1.165) is 19.6 Å². The summed E-state index contributed by atoms with van der Waals surface area (Å²) >= 11 is 0. The maximum Gasteiger partial charge on any atom is 0.311 e. The van der Waals surface area contributed by atoms with Crippen LogP contribution in [-0.4, -0.2) is 53.8 Å². The Hall–Kier alpha value is -2.43. The molecule has 0 saturated carbocycles. The number of nitrogens with one attached hydrogen (secondary N) is 1. The summed E-state index contributed by atoms with van der Waals surface area (Å²) in [4.78, 5) is 16.9. The number of nitro benzene ring substituents is 1. The number of hydrogen-bond donors (Lipinski definition) is 1. The Kier molecular flexibility index (Phi) is 6.72. The summed E-state index contributed by atoms with van der Waals surface area (Å²) in [5.41, 5.74) is -0.122. The minimum Gasteiger partial charge on any atom is -0.490 e. The first kappa shape index (κ1) is 19.9. The van der Waals surface area contributed by atoms with Gasteiger partial charge in [0.05, 0.1) is 18.1 Å². The maximum absolute atomic E-state index is 10.9. The zero-order chi connectivity index (χ0) is 17.8. The van der Waals surface area contributed by atoms with Gasteiger partial charge in [-0.05, 0) is 13.1 Å². The van der Waals surface area contributed by atoms with Crippen LogP contribution in [0.15, 0.2) is 22.7 Å². The first-order valence-electron chi connectivity index (χ1n) is 7.77. The molecule has 2 heterocycles. The normalized spacial score (nSPS) is 17.4. The van der Waals surface area contributed by atoms with Crippen LogP contribution < -0.4 is 14.8 Å². The average molecular weight is 386 g/mol. The number of halogens is 1. The van der Waals surface area contributed by atoms with Crippen molar-refractivity contribution in [1.29, 1.82) is 0 Å². The third-order valence-electron chi connectivity index (χ3n) is 4.00. The summed E-state index contributed by atoms with van der Waals surface area (Å²) in [7, 11) is 3.38. The van der Waals surface area contributed by atoms with Crippen LogP contribution in [0.5, 0.6) is 11.5 Å². The second kappa shape index (κ2) is 8.79. The van der Waals surface area contributed by atoms with E-state index in [2.05, 4.69) is 20.4 Å². The monoisotopic (exact) mass is 385 g/mol. The number of ether oxygens (including phenoxy) is 2. The Bertz CT molecular complexity index is 756. The summed E-state index contributed by atoms with van der Waals surface area (Å²) in [5.74, 6) is 1.49. The van der Waals surface area contributed by atoms with Crippen molar-refractivity contribution in [3.63, 3.8) is 0 Å². The molecule has 1 unspecified atom stereocenters. The van der Waals surface area contributed by atoms with Crippen molar-refractivity contribution >= 4 is 18.1 Å². The topological polar surface area (TPSA) is 116 Å². The third-order valence-corrected chi connectivity index (χ3v) is 4.00. The second-order valence-electron chi connectivity index (χ2n) is 5.63. The lowest BCUT2D eigenvalue weighted by atomic mass is 10.2. The molecule has 26 heavy (non-hydrogen) atoms. The lowest BCUT2D eigenvalue weighted by Gasteiger charge is -2.30. The molecule has 1 N–H and O–H groups in total. The van der Waals surface area contributed by atoms with Crippen molar-refractivity contribution in [2.75, 3.05) is 33.8 Å². The molecular weight excluding hydrogens is 366 g/mol. The van der Waals surface area contributed by atoms with Gasteiger partial charge in [-0.2, -0.15) is 4.98 Å². The Balaban J connectivity index is 0.00000243. The molecular formula is C15H20ClN5O5. The van der Waals surface area contributed by atoms with Crippen molar-refractivity contribution in [2.45, 2.75) is 12.6 Å². The summed E-state index contributed by atoms with van der Waals surface area (Å²) < 4.78 is 15.8. The van der Waals surface area contributed by atoms with Crippen LogP contribution in [0.4, 0.5) is 5.69 Å². The van der Waals surface area contributed by atoms with Gasteiger partial charge < -0.3 is 19.3 Å². The standard InChI is InChI=1S/C15H19N5O5.ClH/c1-19-6-5-16-8-12(19)15-17-14(25-18-15)9-24-10-3-4-11(20(21)22)13(7-10)23-2;/h3-4,7,12,16H,5-6,8-9H2,1-2H3;1H. The molecule has 142 valence electrons. The molecule has 0 amide bonds. The molecule has 1 fully saturated rings. The molecule has 0 bridgehead atoms. The van der Waals surface area contributed by atoms with Gasteiger partial charge in [-0.15, -0.1) is 12.4 Å². The Labute approximate surface area is 156 Å². The van der Waals surface area contributed by atoms with Crippen LogP contribution in [0.25, 0.3) is 0 Å². The van der Waals surface area contributed by atoms with E-state index < -0.39 is 4.92 Å².